The molecule has 0 heterocycles. The first-order valence-corrected chi connectivity index (χ1v) is 7.06. The summed E-state index contributed by atoms with van der Waals surface area (Å²) in [5.41, 5.74) is 6.28. The standard InChI is InChI=1S/C14H18F2N6S/c1-22(2)9-20-12-4-3-11(5-10(12)6-17)21-13(23)19-8-14(15,16)7-18/h3-5,9H,7-8,18H2,1-2H3,(H2,19,21,23). The molecule has 23 heavy (non-hydrogen) atoms. The molecule has 0 spiro atoms. The van der Waals surface area contributed by atoms with Gasteiger partial charge in [0.25, 0.3) is 5.92 Å². The van der Waals surface area contributed by atoms with Crippen LogP contribution in [0.25, 0.3) is 0 Å². The lowest BCUT2D eigenvalue weighted by molar-refractivity contribution is 0.0164. The Morgan fingerprint density at radius 3 is 2.78 bits per heavy atom. The topological polar surface area (TPSA) is 89.5 Å². The number of nitrogens with zero attached hydrogens (tertiary/aromatic N) is 3. The van der Waals surface area contributed by atoms with Crippen LogP contribution in [0.2, 0.25) is 0 Å². The van der Waals surface area contributed by atoms with Gasteiger partial charge in [0, 0.05) is 19.8 Å². The highest BCUT2D eigenvalue weighted by Crippen LogP contribution is 2.22. The summed E-state index contributed by atoms with van der Waals surface area (Å²) in [6.07, 6.45) is 1.57. The Kier molecular flexibility index (Phi) is 6.81. The van der Waals surface area contributed by atoms with Crippen molar-refractivity contribution in [1.82, 2.24) is 10.2 Å². The van der Waals surface area contributed by atoms with E-state index in [0.717, 1.165) is 0 Å². The number of nitriles is 1. The van der Waals surface area contributed by atoms with E-state index in [0.29, 0.717) is 16.9 Å². The van der Waals surface area contributed by atoms with Crippen LogP contribution < -0.4 is 16.4 Å². The van der Waals surface area contributed by atoms with Gasteiger partial charge in [0.15, 0.2) is 5.11 Å². The number of rotatable bonds is 6. The summed E-state index contributed by atoms with van der Waals surface area (Å²) in [6.45, 7) is -1.43. The Morgan fingerprint density at radius 2 is 2.22 bits per heavy atom. The SMILES string of the molecule is CN(C)C=Nc1ccc(NC(=S)NCC(F)(F)CN)cc1C#N. The number of hydrogen-bond donors (Lipinski definition) is 3. The first-order chi connectivity index (χ1) is 10.8. The van der Waals surface area contributed by atoms with Gasteiger partial charge in [-0.25, -0.2) is 13.8 Å². The molecule has 9 heteroatoms. The van der Waals surface area contributed by atoms with Crippen molar-refractivity contribution in [3.63, 3.8) is 0 Å². The molecule has 0 aliphatic rings. The second-order valence-corrected chi connectivity index (χ2v) is 5.33. The Labute approximate surface area is 139 Å². The predicted molar refractivity (Wildman–Crippen MR) is 91.2 cm³/mol. The zero-order chi connectivity index (χ0) is 17.5. The van der Waals surface area contributed by atoms with Crippen molar-refractivity contribution < 1.29 is 8.78 Å². The van der Waals surface area contributed by atoms with Gasteiger partial charge >= 0.3 is 0 Å². The predicted octanol–water partition coefficient (Wildman–Crippen LogP) is 1.66. The van der Waals surface area contributed by atoms with Gasteiger partial charge in [-0.2, -0.15) is 5.26 Å². The fraction of sp³-hybridized carbons (Fsp3) is 0.357. The van der Waals surface area contributed by atoms with E-state index in [4.69, 9.17) is 23.2 Å². The largest absolute Gasteiger partial charge is 0.369 e. The Bertz CT molecular complexity index is 624. The quantitative estimate of drug-likeness (QED) is 0.415. The maximum absolute atomic E-state index is 13.0. The molecule has 4 N–H and O–H groups in total. The molecule has 1 aromatic carbocycles. The molecule has 0 saturated heterocycles. The van der Waals surface area contributed by atoms with Gasteiger partial charge in [0.1, 0.15) is 6.07 Å². The van der Waals surface area contributed by atoms with E-state index >= 15 is 0 Å². The van der Waals surface area contributed by atoms with E-state index in [1.54, 1.807) is 23.4 Å². The minimum absolute atomic E-state index is 0.0200. The maximum Gasteiger partial charge on any atom is 0.276 e. The lowest BCUT2D eigenvalue weighted by atomic mass is 10.2. The fourth-order valence-corrected chi connectivity index (χ4v) is 1.64. The first kappa shape index (κ1) is 18.7. The average molecular weight is 340 g/mol. The second-order valence-electron chi connectivity index (χ2n) is 4.92. The summed E-state index contributed by atoms with van der Waals surface area (Å²) < 4.78 is 26.1. The van der Waals surface area contributed by atoms with Crippen LogP contribution in [-0.2, 0) is 0 Å². The molecule has 0 aromatic heterocycles. The number of nitrogens with one attached hydrogen (secondary N) is 2. The summed E-state index contributed by atoms with van der Waals surface area (Å²) in [6, 6.07) is 6.85. The highest BCUT2D eigenvalue weighted by Gasteiger charge is 2.26. The van der Waals surface area contributed by atoms with E-state index in [1.807, 2.05) is 20.2 Å². The number of thiocarbonyl (C=S) groups is 1. The van der Waals surface area contributed by atoms with Crippen LogP contribution in [0, 0.1) is 11.3 Å². The summed E-state index contributed by atoms with van der Waals surface area (Å²) in [7, 11) is 3.62. The van der Waals surface area contributed by atoms with Gasteiger partial charge in [-0.1, -0.05) is 0 Å². The molecule has 0 bridgehead atoms. The second kappa shape index (κ2) is 8.36. The molecule has 124 valence electrons. The van der Waals surface area contributed by atoms with Gasteiger partial charge in [-0.15, -0.1) is 0 Å². The number of aliphatic imine (C=N–C) groups is 1. The average Bonchev–Trinajstić information content (AvgIpc) is 2.51. The summed E-state index contributed by atoms with van der Waals surface area (Å²) in [5, 5.41) is 14.3. The van der Waals surface area contributed by atoms with Crippen molar-refractivity contribution in [2.45, 2.75) is 5.92 Å². The smallest absolute Gasteiger partial charge is 0.276 e. The monoisotopic (exact) mass is 340 g/mol. The van der Waals surface area contributed by atoms with Crippen molar-refractivity contribution in [3.05, 3.63) is 23.8 Å². The number of halogens is 2. The van der Waals surface area contributed by atoms with Crippen molar-refractivity contribution >= 4 is 35.0 Å². The minimum atomic E-state index is -3.03. The highest BCUT2D eigenvalue weighted by molar-refractivity contribution is 7.80. The number of hydrogen-bond acceptors (Lipinski definition) is 4. The minimum Gasteiger partial charge on any atom is -0.369 e. The zero-order valence-corrected chi connectivity index (χ0v) is 13.6. The summed E-state index contributed by atoms with van der Waals surface area (Å²) in [4.78, 5) is 5.91. The molecular formula is C14H18F2N6S. The summed E-state index contributed by atoms with van der Waals surface area (Å²) in [5.74, 6) is -3.03. The lowest BCUT2D eigenvalue weighted by Crippen LogP contribution is -2.42. The lowest BCUT2D eigenvalue weighted by Gasteiger charge is -2.16. The molecule has 1 aromatic rings. The molecule has 1 rings (SSSR count). The van der Waals surface area contributed by atoms with Crippen LogP contribution in [0.4, 0.5) is 20.2 Å². The third kappa shape index (κ3) is 6.54. The molecule has 0 aliphatic heterocycles. The van der Waals surface area contributed by atoms with Crippen LogP contribution >= 0.6 is 12.2 Å². The molecule has 0 radical (unpaired) electrons. The van der Waals surface area contributed by atoms with Crippen LogP contribution in [-0.4, -0.2) is 49.5 Å². The van der Waals surface area contributed by atoms with Gasteiger partial charge < -0.3 is 21.3 Å². The van der Waals surface area contributed by atoms with Gasteiger partial charge in [0.05, 0.1) is 30.7 Å². The number of nitrogens with two attached hydrogens (primary N) is 1. The Hall–Kier alpha value is -2.31. The molecule has 0 fully saturated rings. The van der Waals surface area contributed by atoms with Crippen molar-refractivity contribution in [1.29, 1.82) is 5.26 Å². The van der Waals surface area contributed by atoms with Crippen molar-refractivity contribution in [2.75, 3.05) is 32.5 Å². The van der Waals surface area contributed by atoms with Crippen molar-refractivity contribution in [3.8, 4) is 6.07 Å². The number of benzene rings is 1. The Morgan fingerprint density at radius 1 is 1.52 bits per heavy atom. The van der Waals surface area contributed by atoms with Gasteiger partial charge in [0.2, 0.25) is 0 Å². The third-order valence-corrected chi connectivity index (χ3v) is 2.86. The molecular weight excluding hydrogens is 322 g/mol. The molecule has 6 nitrogen and oxygen atoms in total. The Balaban J connectivity index is 2.75. The van der Waals surface area contributed by atoms with E-state index in [1.165, 1.54) is 6.07 Å². The zero-order valence-electron chi connectivity index (χ0n) is 12.8. The molecule has 0 atom stereocenters. The molecule has 0 aliphatic carbocycles. The molecule has 0 unspecified atom stereocenters. The molecule has 0 saturated carbocycles. The van der Waals surface area contributed by atoms with E-state index < -0.39 is 19.0 Å². The van der Waals surface area contributed by atoms with Crippen LogP contribution in [0.15, 0.2) is 23.2 Å². The number of alkyl halides is 2. The maximum atomic E-state index is 13.0. The summed E-state index contributed by atoms with van der Waals surface area (Å²) >= 11 is 4.93. The molecule has 0 amide bonds. The third-order valence-electron chi connectivity index (χ3n) is 2.61. The van der Waals surface area contributed by atoms with Gasteiger partial charge in [-0.3, -0.25) is 0 Å². The van der Waals surface area contributed by atoms with Crippen LogP contribution in [0.5, 0.6) is 0 Å². The van der Waals surface area contributed by atoms with E-state index in [2.05, 4.69) is 15.6 Å². The fourth-order valence-electron chi connectivity index (χ4n) is 1.45. The van der Waals surface area contributed by atoms with Crippen molar-refractivity contribution in [2.24, 2.45) is 10.7 Å². The van der Waals surface area contributed by atoms with Crippen LogP contribution in [0.3, 0.4) is 0 Å². The highest BCUT2D eigenvalue weighted by atomic mass is 32.1. The first-order valence-electron chi connectivity index (χ1n) is 6.65. The van der Waals surface area contributed by atoms with Gasteiger partial charge in [-0.05, 0) is 30.4 Å². The number of anilines is 1. The van der Waals surface area contributed by atoms with E-state index in [-0.39, 0.29) is 5.11 Å². The van der Waals surface area contributed by atoms with Crippen LogP contribution in [0.1, 0.15) is 5.56 Å². The normalized spacial score (nSPS) is 11.1. The van der Waals surface area contributed by atoms with E-state index in [9.17, 15) is 8.78 Å².